The second-order valence-corrected chi connectivity index (χ2v) is 5.52. The van der Waals surface area contributed by atoms with Gasteiger partial charge in [-0.05, 0) is 50.5 Å². The lowest BCUT2D eigenvalue weighted by Crippen LogP contribution is -2.45. The summed E-state index contributed by atoms with van der Waals surface area (Å²) in [6, 6.07) is 13.7. The maximum atomic E-state index is 12.5. The normalized spacial score (nSPS) is 14.5. The van der Waals surface area contributed by atoms with E-state index in [9.17, 15) is 4.79 Å². The van der Waals surface area contributed by atoms with Gasteiger partial charge in [-0.15, -0.1) is 0 Å². The summed E-state index contributed by atoms with van der Waals surface area (Å²) < 4.78 is 5.61. The van der Waals surface area contributed by atoms with Crippen LogP contribution in [0, 0.1) is 6.92 Å². The number of rotatable bonds is 4. The molecular weight excluding hydrogens is 264 g/mol. The molecule has 21 heavy (non-hydrogen) atoms. The van der Waals surface area contributed by atoms with E-state index in [-0.39, 0.29) is 6.03 Å². The first kappa shape index (κ1) is 13.7. The van der Waals surface area contributed by atoms with Crippen LogP contribution in [0.2, 0.25) is 0 Å². The summed E-state index contributed by atoms with van der Waals surface area (Å²) in [5.74, 6) is 1.71. The van der Waals surface area contributed by atoms with Gasteiger partial charge < -0.3 is 14.6 Å². The van der Waals surface area contributed by atoms with Crippen LogP contribution in [0.5, 0.6) is 0 Å². The Morgan fingerprint density at radius 1 is 1.24 bits per heavy atom. The molecule has 1 heterocycles. The number of benzene rings is 1. The van der Waals surface area contributed by atoms with E-state index in [1.54, 1.807) is 0 Å². The third-order valence-electron chi connectivity index (χ3n) is 3.92. The lowest BCUT2D eigenvalue weighted by molar-refractivity contribution is 0.137. The van der Waals surface area contributed by atoms with Gasteiger partial charge >= 0.3 is 6.03 Å². The van der Waals surface area contributed by atoms with Crippen molar-refractivity contribution in [3.05, 3.63) is 54.0 Å². The summed E-state index contributed by atoms with van der Waals surface area (Å²) >= 11 is 0. The van der Waals surface area contributed by atoms with E-state index in [1.807, 2.05) is 54.3 Å². The van der Waals surface area contributed by atoms with E-state index in [0.717, 1.165) is 30.0 Å². The maximum absolute atomic E-state index is 12.5. The number of hydrogen-bond donors (Lipinski definition) is 1. The van der Waals surface area contributed by atoms with Crippen molar-refractivity contribution in [3.63, 3.8) is 0 Å². The van der Waals surface area contributed by atoms with Gasteiger partial charge in [-0.3, -0.25) is 0 Å². The third kappa shape index (κ3) is 3.27. The first-order valence-electron chi connectivity index (χ1n) is 7.40. The fourth-order valence-corrected chi connectivity index (χ4v) is 2.52. The zero-order chi connectivity index (χ0) is 14.7. The van der Waals surface area contributed by atoms with Crippen LogP contribution in [-0.2, 0) is 6.54 Å². The summed E-state index contributed by atoms with van der Waals surface area (Å²) in [5, 5.41) is 2.96. The van der Waals surface area contributed by atoms with E-state index in [2.05, 4.69) is 5.32 Å². The Labute approximate surface area is 124 Å². The van der Waals surface area contributed by atoms with E-state index < -0.39 is 0 Å². The van der Waals surface area contributed by atoms with E-state index in [1.165, 1.54) is 6.42 Å². The summed E-state index contributed by atoms with van der Waals surface area (Å²) in [6.07, 6.45) is 3.33. The smallest absolute Gasteiger partial charge is 0.322 e. The van der Waals surface area contributed by atoms with E-state index >= 15 is 0 Å². The summed E-state index contributed by atoms with van der Waals surface area (Å²) in [5.41, 5.74) is 0.822. The van der Waals surface area contributed by atoms with Crippen LogP contribution in [0.3, 0.4) is 0 Å². The molecule has 2 amide bonds. The minimum absolute atomic E-state index is 0.0556. The van der Waals surface area contributed by atoms with Crippen molar-refractivity contribution in [1.82, 2.24) is 4.90 Å². The molecule has 1 N–H and O–H groups in total. The Kier molecular flexibility index (Phi) is 3.95. The Morgan fingerprint density at radius 3 is 2.57 bits per heavy atom. The second kappa shape index (κ2) is 6.04. The Bertz CT molecular complexity index is 602. The quantitative estimate of drug-likeness (QED) is 0.915. The molecule has 1 aromatic heterocycles. The van der Waals surface area contributed by atoms with Gasteiger partial charge in [-0.25, -0.2) is 4.79 Å². The highest BCUT2D eigenvalue weighted by Crippen LogP contribution is 2.27. The van der Waals surface area contributed by atoms with E-state index in [0.29, 0.717) is 12.6 Å². The number of carbonyl (C=O) groups excluding carboxylic acids is 1. The van der Waals surface area contributed by atoms with Crippen LogP contribution < -0.4 is 5.32 Å². The molecule has 4 nitrogen and oxygen atoms in total. The highest BCUT2D eigenvalue weighted by molar-refractivity contribution is 5.89. The minimum Gasteiger partial charge on any atom is -0.464 e. The number of furan rings is 1. The summed E-state index contributed by atoms with van der Waals surface area (Å²) in [7, 11) is 0. The fourth-order valence-electron chi connectivity index (χ4n) is 2.52. The highest BCUT2D eigenvalue weighted by Gasteiger charge is 2.29. The fraction of sp³-hybridized carbons (Fsp3) is 0.353. The first-order chi connectivity index (χ1) is 10.2. The zero-order valence-electron chi connectivity index (χ0n) is 12.2. The van der Waals surface area contributed by atoms with Crippen LogP contribution >= 0.6 is 0 Å². The third-order valence-corrected chi connectivity index (χ3v) is 3.92. The molecule has 4 heteroatoms. The predicted octanol–water partition coefficient (Wildman–Crippen LogP) is 4.17. The van der Waals surface area contributed by atoms with Crippen LogP contribution in [0.4, 0.5) is 10.5 Å². The molecule has 0 radical (unpaired) electrons. The molecule has 0 saturated heterocycles. The molecule has 1 aliphatic rings. The molecule has 3 rings (SSSR count). The monoisotopic (exact) mass is 284 g/mol. The molecule has 1 aromatic carbocycles. The van der Waals surface area contributed by atoms with Crippen molar-refractivity contribution < 1.29 is 9.21 Å². The topological polar surface area (TPSA) is 45.5 Å². The number of anilines is 1. The molecule has 1 saturated carbocycles. The SMILES string of the molecule is Cc1ccc(CN(C(=O)Nc2ccccc2)C2CCC2)o1. The number of aryl methyl sites for hydroxylation is 1. The molecular formula is C17H20N2O2. The number of urea groups is 1. The van der Waals surface area contributed by atoms with Gasteiger partial charge in [0.05, 0.1) is 6.54 Å². The van der Waals surface area contributed by atoms with Crippen molar-refractivity contribution >= 4 is 11.7 Å². The molecule has 0 bridgehead atoms. The van der Waals surface area contributed by atoms with Crippen molar-refractivity contribution in [2.75, 3.05) is 5.32 Å². The molecule has 0 unspecified atom stereocenters. The van der Waals surface area contributed by atoms with Crippen LogP contribution in [0.1, 0.15) is 30.8 Å². The predicted molar refractivity (Wildman–Crippen MR) is 82.1 cm³/mol. The summed E-state index contributed by atoms with van der Waals surface area (Å²) in [6.45, 7) is 2.44. The van der Waals surface area contributed by atoms with Gasteiger partial charge in [0.15, 0.2) is 0 Å². The maximum Gasteiger partial charge on any atom is 0.322 e. The number of para-hydroxylation sites is 1. The van der Waals surface area contributed by atoms with Gasteiger partial charge in [0.2, 0.25) is 0 Å². The van der Waals surface area contributed by atoms with E-state index in [4.69, 9.17) is 4.42 Å². The number of nitrogens with one attached hydrogen (secondary N) is 1. The number of carbonyl (C=O) groups is 1. The van der Waals surface area contributed by atoms with Gasteiger partial charge in [0.25, 0.3) is 0 Å². The Hall–Kier alpha value is -2.23. The first-order valence-corrected chi connectivity index (χ1v) is 7.40. The molecule has 0 spiro atoms. The Balaban J connectivity index is 1.71. The van der Waals surface area contributed by atoms with Crippen LogP contribution in [-0.4, -0.2) is 17.0 Å². The van der Waals surface area contributed by atoms with Crippen LogP contribution in [0.25, 0.3) is 0 Å². The second-order valence-electron chi connectivity index (χ2n) is 5.52. The van der Waals surface area contributed by atoms with Gasteiger partial charge in [-0.1, -0.05) is 18.2 Å². The average Bonchev–Trinajstić information content (AvgIpc) is 2.82. The highest BCUT2D eigenvalue weighted by atomic mass is 16.3. The standard InChI is InChI=1S/C17H20N2O2/c1-13-10-11-16(21-13)12-19(15-8-5-9-15)17(20)18-14-6-3-2-4-7-14/h2-4,6-7,10-11,15H,5,8-9,12H2,1H3,(H,18,20). The number of amides is 2. The van der Waals surface area contributed by atoms with Crippen molar-refractivity contribution in [1.29, 1.82) is 0 Å². The minimum atomic E-state index is -0.0556. The molecule has 0 aliphatic heterocycles. The molecule has 110 valence electrons. The van der Waals surface area contributed by atoms with Crippen molar-refractivity contribution in [2.45, 2.75) is 38.8 Å². The molecule has 1 fully saturated rings. The zero-order valence-corrected chi connectivity index (χ0v) is 12.2. The van der Waals surface area contributed by atoms with Crippen LogP contribution in [0.15, 0.2) is 46.9 Å². The van der Waals surface area contributed by atoms with Gasteiger partial charge in [-0.2, -0.15) is 0 Å². The lowest BCUT2D eigenvalue weighted by atomic mass is 9.91. The molecule has 2 aromatic rings. The average molecular weight is 284 g/mol. The van der Waals surface area contributed by atoms with Gasteiger partial charge in [0.1, 0.15) is 11.5 Å². The van der Waals surface area contributed by atoms with Crippen molar-refractivity contribution in [3.8, 4) is 0 Å². The lowest BCUT2D eigenvalue weighted by Gasteiger charge is -2.37. The Morgan fingerprint density at radius 2 is 2.00 bits per heavy atom. The molecule has 1 aliphatic carbocycles. The number of nitrogens with zero attached hydrogens (tertiary/aromatic N) is 1. The number of hydrogen-bond acceptors (Lipinski definition) is 2. The van der Waals surface area contributed by atoms with Crippen molar-refractivity contribution in [2.24, 2.45) is 0 Å². The van der Waals surface area contributed by atoms with Gasteiger partial charge in [0, 0.05) is 11.7 Å². The molecule has 0 atom stereocenters. The summed E-state index contributed by atoms with van der Waals surface area (Å²) in [4.78, 5) is 14.4. The largest absolute Gasteiger partial charge is 0.464 e.